The van der Waals surface area contributed by atoms with Crippen molar-refractivity contribution in [3.05, 3.63) is 29.8 Å². The number of guanidine groups is 1. The van der Waals surface area contributed by atoms with Crippen LogP contribution >= 0.6 is 0 Å². The molecule has 32 heavy (non-hydrogen) atoms. The molecule has 2 aliphatic heterocycles. The molecule has 2 saturated heterocycles. The minimum atomic E-state index is 0.129. The zero-order valence-corrected chi connectivity index (χ0v) is 20.1. The van der Waals surface area contributed by atoms with Crippen LogP contribution in [-0.4, -0.2) is 69.9 Å². The third-order valence-electron chi connectivity index (χ3n) is 7.60. The molecule has 0 aromatic heterocycles. The predicted octanol–water partition coefficient (Wildman–Crippen LogP) is 3.56. The topological polar surface area (TPSA) is 58.1 Å². The van der Waals surface area contributed by atoms with E-state index >= 15 is 0 Å². The van der Waals surface area contributed by atoms with Crippen LogP contribution in [0.3, 0.4) is 0 Å². The van der Waals surface area contributed by atoms with Gasteiger partial charge < -0.3 is 25.0 Å². The molecule has 1 aromatic rings. The van der Waals surface area contributed by atoms with Crippen LogP contribution in [0.5, 0.6) is 5.75 Å². The summed E-state index contributed by atoms with van der Waals surface area (Å²) in [5, 5.41) is 7.25. The van der Waals surface area contributed by atoms with Crippen molar-refractivity contribution in [2.45, 2.75) is 63.3 Å². The molecule has 0 radical (unpaired) electrons. The van der Waals surface area contributed by atoms with Crippen LogP contribution in [-0.2, 0) is 10.2 Å². The Labute approximate surface area is 194 Å². The molecule has 0 amide bonds. The number of piperidine rings is 1. The van der Waals surface area contributed by atoms with E-state index in [1.807, 2.05) is 6.07 Å². The molecule has 6 nitrogen and oxygen atoms in total. The Balaban J connectivity index is 1.35. The Morgan fingerprint density at radius 3 is 2.72 bits per heavy atom. The molecule has 6 heteroatoms. The van der Waals surface area contributed by atoms with E-state index in [0.29, 0.717) is 6.04 Å². The number of aliphatic imine (C=N–C) groups is 1. The summed E-state index contributed by atoms with van der Waals surface area (Å²) in [7, 11) is 1.75. The second-order valence-electron chi connectivity index (χ2n) is 9.86. The Morgan fingerprint density at radius 1 is 1.22 bits per heavy atom. The molecule has 1 unspecified atom stereocenters. The smallest absolute Gasteiger partial charge is 0.191 e. The van der Waals surface area contributed by atoms with Crippen LogP contribution in [0.4, 0.5) is 0 Å². The van der Waals surface area contributed by atoms with E-state index in [9.17, 15) is 0 Å². The summed E-state index contributed by atoms with van der Waals surface area (Å²) in [6.07, 6.45) is 8.55. The lowest BCUT2D eigenvalue weighted by molar-refractivity contribution is 0.150. The average Bonchev–Trinajstić information content (AvgIpc) is 3.52. The van der Waals surface area contributed by atoms with E-state index in [2.05, 4.69) is 40.7 Å². The molecule has 2 heterocycles. The van der Waals surface area contributed by atoms with Gasteiger partial charge in [-0.15, -0.1) is 0 Å². The summed E-state index contributed by atoms with van der Waals surface area (Å²) >= 11 is 0. The molecule has 3 aliphatic rings. The van der Waals surface area contributed by atoms with Gasteiger partial charge in [0.1, 0.15) is 5.75 Å². The fourth-order valence-corrected chi connectivity index (χ4v) is 5.64. The van der Waals surface area contributed by atoms with Gasteiger partial charge in [0.2, 0.25) is 0 Å². The first kappa shape index (κ1) is 23.4. The SMILES string of the molecule is CCNC(=NCC1(c2cccc(OC)c2)CCCC1)NC1CCN(CC2CCOC2)CC1. The van der Waals surface area contributed by atoms with E-state index in [1.54, 1.807) is 7.11 Å². The van der Waals surface area contributed by atoms with Crippen LogP contribution in [0.1, 0.15) is 57.4 Å². The summed E-state index contributed by atoms with van der Waals surface area (Å²) < 4.78 is 11.1. The number of hydrogen-bond donors (Lipinski definition) is 2. The molecule has 4 rings (SSSR count). The van der Waals surface area contributed by atoms with Crippen molar-refractivity contribution in [2.24, 2.45) is 10.9 Å². The van der Waals surface area contributed by atoms with Gasteiger partial charge in [0.05, 0.1) is 20.3 Å². The number of ether oxygens (including phenoxy) is 2. The average molecular weight is 443 g/mol. The van der Waals surface area contributed by atoms with Crippen LogP contribution < -0.4 is 15.4 Å². The van der Waals surface area contributed by atoms with Gasteiger partial charge in [-0.25, -0.2) is 0 Å². The minimum absolute atomic E-state index is 0.129. The molecule has 1 aliphatic carbocycles. The van der Waals surface area contributed by atoms with Gasteiger partial charge in [-0.2, -0.15) is 0 Å². The highest BCUT2D eigenvalue weighted by atomic mass is 16.5. The first-order chi connectivity index (χ1) is 15.7. The normalized spacial score (nSPS) is 24.6. The first-order valence-corrected chi connectivity index (χ1v) is 12.7. The van der Waals surface area contributed by atoms with Crippen molar-refractivity contribution in [3.63, 3.8) is 0 Å². The molecular weight excluding hydrogens is 400 g/mol. The summed E-state index contributed by atoms with van der Waals surface area (Å²) in [4.78, 5) is 7.74. The molecule has 1 atom stereocenters. The van der Waals surface area contributed by atoms with Crippen LogP contribution in [0, 0.1) is 5.92 Å². The molecule has 2 N–H and O–H groups in total. The fourth-order valence-electron chi connectivity index (χ4n) is 5.64. The second-order valence-corrected chi connectivity index (χ2v) is 9.86. The summed E-state index contributed by atoms with van der Waals surface area (Å²) in [5.41, 5.74) is 1.50. The van der Waals surface area contributed by atoms with Gasteiger partial charge in [0.25, 0.3) is 0 Å². The van der Waals surface area contributed by atoms with Gasteiger partial charge in [-0.3, -0.25) is 4.99 Å². The highest BCUT2D eigenvalue weighted by Gasteiger charge is 2.36. The number of methoxy groups -OCH3 is 1. The molecule has 3 fully saturated rings. The van der Waals surface area contributed by atoms with Gasteiger partial charge in [0.15, 0.2) is 5.96 Å². The number of likely N-dealkylation sites (tertiary alicyclic amines) is 1. The van der Waals surface area contributed by atoms with E-state index in [1.165, 1.54) is 70.1 Å². The summed E-state index contributed by atoms with van der Waals surface area (Å²) in [6.45, 7) is 9.30. The quantitative estimate of drug-likeness (QED) is 0.476. The van der Waals surface area contributed by atoms with Crippen LogP contribution in [0.2, 0.25) is 0 Å². The highest BCUT2D eigenvalue weighted by molar-refractivity contribution is 5.80. The van der Waals surface area contributed by atoms with Crippen molar-refractivity contribution >= 4 is 5.96 Å². The number of nitrogens with zero attached hydrogens (tertiary/aromatic N) is 2. The standard InChI is InChI=1S/C26H42N4O2/c1-3-27-25(29-23-9-14-30(15-10-23)18-21-11-16-32-19-21)28-20-26(12-4-5-13-26)22-7-6-8-24(17-22)31-2/h6-8,17,21,23H,3-5,9-16,18-20H2,1-2H3,(H2,27,28,29). The summed E-state index contributed by atoms with van der Waals surface area (Å²) in [6, 6.07) is 9.13. The van der Waals surface area contributed by atoms with Crippen molar-refractivity contribution in [3.8, 4) is 5.75 Å². The number of benzene rings is 1. The number of nitrogens with one attached hydrogen (secondary N) is 2. The largest absolute Gasteiger partial charge is 0.497 e. The van der Waals surface area contributed by atoms with Crippen molar-refractivity contribution in [2.75, 3.05) is 53.0 Å². The molecule has 1 saturated carbocycles. The third kappa shape index (κ3) is 5.96. The maximum Gasteiger partial charge on any atom is 0.191 e. The van der Waals surface area contributed by atoms with E-state index in [0.717, 1.165) is 43.9 Å². The van der Waals surface area contributed by atoms with E-state index < -0.39 is 0 Å². The summed E-state index contributed by atoms with van der Waals surface area (Å²) in [5.74, 6) is 2.65. The highest BCUT2D eigenvalue weighted by Crippen LogP contribution is 2.42. The fraction of sp³-hybridized carbons (Fsp3) is 0.731. The van der Waals surface area contributed by atoms with E-state index in [4.69, 9.17) is 14.5 Å². The molecule has 0 spiro atoms. The monoisotopic (exact) mass is 442 g/mol. The Kier molecular flexibility index (Phi) is 8.31. The Morgan fingerprint density at radius 2 is 2.03 bits per heavy atom. The van der Waals surface area contributed by atoms with Crippen LogP contribution in [0.15, 0.2) is 29.3 Å². The van der Waals surface area contributed by atoms with Gasteiger partial charge in [-0.05, 0) is 62.6 Å². The maximum absolute atomic E-state index is 5.55. The van der Waals surface area contributed by atoms with Crippen molar-refractivity contribution in [1.29, 1.82) is 0 Å². The Hall–Kier alpha value is -1.79. The predicted molar refractivity (Wildman–Crippen MR) is 131 cm³/mol. The third-order valence-corrected chi connectivity index (χ3v) is 7.60. The molecule has 1 aromatic carbocycles. The van der Waals surface area contributed by atoms with Gasteiger partial charge >= 0.3 is 0 Å². The van der Waals surface area contributed by atoms with Crippen LogP contribution in [0.25, 0.3) is 0 Å². The van der Waals surface area contributed by atoms with Crippen molar-refractivity contribution in [1.82, 2.24) is 15.5 Å². The Bertz CT molecular complexity index is 733. The second kappa shape index (κ2) is 11.4. The lowest BCUT2D eigenvalue weighted by Crippen LogP contribution is -2.49. The molecule has 0 bridgehead atoms. The van der Waals surface area contributed by atoms with Crippen molar-refractivity contribution < 1.29 is 9.47 Å². The zero-order valence-electron chi connectivity index (χ0n) is 20.1. The maximum atomic E-state index is 5.55. The van der Waals surface area contributed by atoms with Gasteiger partial charge in [0, 0.05) is 44.2 Å². The molecular formula is C26H42N4O2. The minimum Gasteiger partial charge on any atom is -0.497 e. The number of hydrogen-bond acceptors (Lipinski definition) is 4. The first-order valence-electron chi connectivity index (χ1n) is 12.7. The van der Waals surface area contributed by atoms with E-state index in [-0.39, 0.29) is 5.41 Å². The lowest BCUT2D eigenvalue weighted by atomic mass is 9.79. The van der Waals surface area contributed by atoms with Gasteiger partial charge in [-0.1, -0.05) is 25.0 Å². The molecule has 178 valence electrons. The lowest BCUT2D eigenvalue weighted by Gasteiger charge is -2.34. The number of rotatable bonds is 8. The zero-order chi connectivity index (χ0) is 22.2.